The Morgan fingerprint density at radius 2 is 1.33 bits per heavy atom. The largest absolute Gasteiger partial charge is 0.453 e. The van der Waals surface area contributed by atoms with Gasteiger partial charge in [0.2, 0.25) is 5.91 Å². The average Bonchev–Trinajstić information content (AvgIpc) is 3.99. The van der Waals surface area contributed by atoms with Crippen molar-refractivity contribution in [1.29, 1.82) is 0 Å². The van der Waals surface area contributed by atoms with Gasteiger partial charge in [0.25, 0.3) is 5.91 Å². The number of methoxy groups -OCH3 is 2. The van der Waals surface area contributed by atoms with Crippen LogP contribution in [0.3, 0.4) is 0 Å². The molecule has 5 fully saturated rings. The minimum absolute atomic E-state index is 0.0766. The van der Waals surface area contributed by atoms with Gasteiger partial charge >= 0.3 is 12.2 Å². The summed E-state index contributed by atoms with van der Waals surface area (Å²) in [6, 6.07) is 27.6. The van der Waals surface area contributed by atoms with Crippen LogP contribution in [0.2, 0.25) is 0 Å². The summed E-state index contributed by atoms with van der Waals surface area (Å²) in [6.07, 6.45) is 12.0. The Labute approximate surface area is 402 Å². The number of aromatic amines is 2. The number of likely N-dealkylation sites (tertiary alicyclic amines) is 2. The number of ether oxygens (including phenoxy) is 2. The van der Waals surface area contributed by atoms with Crippen molar-refractivity contribution in [2.75, 3.05) is 20.8 Å². The van der Waals surface area contributed by atoms with Gasteiger partial charge in [-0.3, -0.25) is 9.59 Å². The molecule has 2 aromatic heterocycles. The van der Waals surface area contributed by atoms with Crippen molar-refractivity contribution < 1.29 is 28.7 Å². The molecule has 4 N–H and O–H groups in total. The first-order valence-electron chi connectivity index (χ1n) is 24.6. The number of amides is 4. The average molecular weight is 929 g/mol. The lowest BCUT2D eigenvalue weighted by atomic mass is 9.80. The van der Waals surface area contributed by atoms with Crippen molar-refractivity contribution in [3.63, 3.8) is 0 Å². The number of aromatic nitrogens is 4. The first-order chi connectivity index (χ1) is 33.5. The van der Waals surface area contributed by atoms with E-state index in [0.29, 0.717) is 12.5 Å². The van der Waals surface area contributed by atoms with Crippen LogP contribution in [0, 0.1) is 17.3 Å². The molecule has 2 aliphatic heterocycles. The van der Waals surface area contributed by atoms with Gasteiger partial charge in [-0.15, -0.1) is 0 Å². The molecule has 14 heteroatoms. The Kier molecular flexibility index (Phi) is 11.5. The highest BCUT2D eigenvalue weighted by Gasteiger charge is 2.55. The number of imidazole rings is 2. The van der Waals surface area contributed by atoms with E-state index in [1.165, 1.54) is 39.0 Å². The smallest absolute Gasteiger partial charge is 0.407 e. The van der Waals surface area contributed by atoms with Gasteiger partial charge in [0.15, 0.2) is 0 Å². The van der Waals surface area contributed by atoms with Crippen molar-refractivity contribution >= 4 is 34.8 Å². The molecule has 2 bridgehead atoms. The van der Waals surface area contributed by atoms with Gasteiger partial charge in [-0.2, -0.15) is 0 Å². The minimum Gasteiger partial charge on any atom is -0.453 e. The number of alkyl carbamates (subject to hydrolysis) is 2. The molecule has 2 saturated heterocycles. The van der Waals surface area contributed by atoms with E-state index in [-0.39, 0.29) is 47.2 Å². The number of rotatable bonds is 12. The lowest BCUT2D eigenvalue weighted by Gasteiger charge is -2.36. The summed E-state index contributed by atoms with van der Waals surface area (Å²) in [4.78, 5) is 74.1. The fraction of sp³-hybridized carbons (Fsp3) is 0.418. The molecule has 5 aliphatic rings. The molecule has 1 spiro atoms. The van der Waals surface area contributed by atoms with Crippen LogP contribution in [0.25, 0.3) is 44.4 Å². The number of H-pyrrole nitrogens is 2. The van der Waals surface area contributed by atoms with Crippen molar-refractivity contribution in [2.45, 2.75) is 108 Å². The molecular formula is C55H60N8O6. The second-order valence-corrected chi connectivity index (χ2v) is 20.5. The van der Waals surface area contributed by atoms with Crippen LogP contribution in [0.15, 0.2) is 97.3 Å². The maximum absolute atomic E-state index is 14.6. The summed E-state index contributed by atoms with van der Waals surface area (Å²) in [5.74, 6) is 2.01. The number of hydrogen-bond donors (Lipinski definition) is 4. The Bertz CT molecular complexity index is 2920. The minimum atomic E-state index is -0.870. The monoisotopic (exact) mass is 928 g/mol. The Balaban J connectivity index is 0.782. The highest BCUT2D eigenvalue weighted by Crippen LogP contribution is 2.58. The lowest BCUT2D eigenvalue weighted by Crippen LogP contribution is -2.51. The summed E-state index contributed by atoms with van der Waals surface area (Å²) in [6.45, 7) is 4.51. The predicted octanol–water partition coefficient (Wildman–Crippen LogP) is 10.1. The van der Waals surface area contributed by atoms with E-state index < -0.39 is 24.3 Å². The number of piperidine rings is 1. The molecule has 14 nitrogen and oxygen atoms in total. The molecule has 4 amide bonds. The molecule has 4 heterocycles. The van der Waals surface area contributed by atoms with Crippen molar-refractivity contribution in [3.8, 4) is 33.6 Å². The van der Waals surface area contributed by atoms with Gasteiger partial charge in [0.05, 0.1) is 50.1 Å². The van der Waals surface area contributed by atoms with E-state index in [9.17, 15) is 19.2 Å². The second kappa shape index (κ2) is 17.8. The van der Waals surface area contributed by atoms with Gasteiger partial charge in [-0.25, -0.2) is 19.6 Å². The molecule has 3 aliphatic carbocycles. The SMILES string of the molecule is COC(=O)N[C@H](C(=O)N1CC2(CC2)C[C@H]1c1ncc(-c2ccc3cc(-c4ccc(-c5cnc([C@@H]6[C@H]7CC[C@H](C7)N6C(=O)[C@H](NC(=O)OC)c6ccc(C7CCC7)cc6)[nH]5)cc4)ccc3c2)[nH]1)C(C)C. The summed E-state index contributed by atoms with van der Waals surface area (Å²) < 4.78 is 9.83. The number of nitrogens with zero attached hydrogens (tertiary/aromatic N) is 4. The van der Waals surface area contributed by atoms with Crippen LogP contribution in [0.4, 0.5) is 9.59 Å². The van der Waals surface area contributed by atoms with Gasteiger partial charge in [-0.05, 0) is 125 Å². The predicted molar refractivity (Wildman–Crippen MR) is 261 cm³/mol. The Hall–Kier alpha value is -6.96. The van der Waals surface area contributed by atoms with Gasteiger partial charge in [0.1, 0.15) is 23.7 Å². The van der Waals surface area contributed by atoms with E-state index in [4.69, 9.17) is 19.4 Å². The summed E-state index contributed by atoms with van der Waals surface area (Å²) in [7, 11) is 2.63. The summed E-state index contributed by atoms with van der Waals surface area (Å²) >= 11 is 0. The van der Waals surface area contributed by atoms with Crippen LogP contribution < -0.4 is 10.6 Å². The van der Waals surface area contributed by atoms with Gasteiger partial charge in [-0.1, -0.05) is 93.1 Å². The van der Waals surface area contributed by atoms with Crippen LogP contribution in [-0.2, 0) is 19.1 Å². The quantitative estimate of drug-likeness (QED) is 0.0938. The molecule has 6 atom stereocenters. The normalized spacial score (nSPS) is 22.2. The third kappa shape index (κ3) is 8.41. The number of carbonyl (C=O) groups is 4. The van der Waals surface area contributed by atoms with E-state index in [2.05, 4.69) is 93.4 Å². The van der Waals surface area contributed by atoms with E-state index >= 15 is 0 Å². The third-order valence-corrected chi connectivity index (χ3v) is 16.0. The Morgan fingerprint density at radius 1 is 0.710 bits per heavy atom. The van der Waals surface area contributed by atoms with Crippen LogP contribution in [0.5, 0.6) is 0 Å². The summed E-state index contributed by atoms with van der Waals surface area (Å²) in [5, 5.41) is 7.82. The van der Waals surface area contributed by atoms with Crippen LogP contribution in [0.1, 0.15) is 118 Å². The zero-order valence-corrected chi connectivity index (χ0v) is 39.7. The Morgan fingerprint density at radius 3 is 2.00 bits per heavy atom. The zero-order valence-electron chi connectivity index (χ0n) is 39.7. The molecule has 3 saturated carbocycles. The molecule has 0 radical (unpaired) electrons. The van der Waals surface area contributed by atoms with Gasteiger partial charge < -0.3 is 39.9 Å². The number of benzene rings is 4. The van der Waals surface area contributed by atoms with E-state index in [1.807, 2.05) is 48.2 Å². The molecule has 69 heavy (non-hydrogen) atoms. The lowest BCUT2D eigenvalue weighted by molar-refractivity contribution is -0.138. The number of nitrogens with one attached hydrogen (secondary N) is 4. The second-order valence-electron chi connectivity index (χ2n) is 20.5. The fourth-order valence-corrected chi connectivity index (χ4v) is 11.6. The molecular weight excluding hydrogens is 869 g/mol. The molecule has 4 aromatic carbocycles. The first kappa shape index (κ1) is 44.5. The number of hydrogen-bond acceptors (Lipinski definition) is 8. The third-order valence-electron chi connectivity index (χ3n) is 16.0. The number of carbonyl (C=O) groups excluding carboxylic acids is 4. The summed E-state index contributed by atoms with van der Waals surface area (Å²) in [5.41, 5.74) is 8.09. The van der Waals surface area contributed by atoms with E-state index in [0.717, 1.165) is 100 Å². The molecule has 6 aromatic rings. The number of fused-ring (bicyclic) bond motifs is 3. The van der Waals surface area contributed by atoms with Crippen LogP contribution in [-0.4, -0.2) is 86.6 Å². The van der Waals surface area contributed by atoms with Crippen LogP contribution >= 0.6 is 0 Å². The van der Waals surface area contributed by atoms with Crippen molar-refractivity contribution in [3.05, 3.63) is 120 Å². The zero-order chi connectivity index (χ0) is 47.6. The van der Waals surface area contributed by atoms with E-state index in [1.54, 1.807) is 0 Å². The van der Waals surface area contributed by atoms with Crippen molar-refractivity contribution in [1.82, 2.24) is 40.4 Å². The first-order valence-corrected chi connectivity index (χ1v) is 24.6. The molecule has 356 valence electrons. The highest BCUT2D eigenvalue weighted by molar-refractivity contribution is 5.91. The maximum Gasteiger partial charge on any atom is 0.407 e. The maximum atomic E-state index is 14.6. The molecule has 11 rings (SSSR count). The standard InChI is InChI=1S/C55H60N8O6/c1-31(2)46(60-53(66)68-3)51(64)62-30-55(22-23-55)27-45(62)49-56-29-44(58-49)40-19-18-38-24-37(16-17-39(38)25-40)34-8-12-35(13-9-34)43-28-57-50(59-43)48-41-20-21-42(26-41)63(48)52(65)47(61-54(67)69-4)36-14-10-33(11-15-36)32-6-5-7-32/h8-19,24-25,28-29,31-32,41-42,45-48H,5-7,20-23,26-27,30H2,1-4H3,(H,56,58)(H,57,59)(H,60,66)(H,61,67)/t41-,42+,45-,46-,47+,48-/m0/s1. The molecule has 0 unspecified atom stereocenters. The topological polar surface area (TPSA) is 175 Å². The van der Waals surface area contributed by atoms with Gasteiger partial charge in [0, 0.05) is 18.2 Å². The fourth-order valence-electron chi connectivity index (χ4n) is 11.6. The highest BCUT2D eigenvalue weighted by atomic mass is 16.5. The van der Waals surface area contributed by atoms with Crippen molar-refractivity contribution in [2.24, 2.45) is 17.3 Å².